The predicted molar refractivity (Wildman–Crippen MR) is 194 cm³/mol. The van der Waals surface area contributed by atoms with Crippen LogP contribution in [0.2, 0.25) is 0 Å². The first-order valence-electron chi connectivity index (χ1n) is 17.8. The molecule has 2 aromatic carbocycles. The number of carbonyl (C=O) groups excluding carboxylic acids is 1. The number of amides is 2. The molecule has 2 heterocycles. The summed E-state index contributed by atoms with van der Waals surface area (Å²) in [5.41, 5.74) is 9.59. The van der Waals surface area contributed by atoms with Crippen molar-refractivity contribution in [3.05, 3.63) is 84.2 Å². The summed E-state index contributed by atoms with van der Waals surface area (Å²) in [6, 6.07) is 16.7. The molecule has 1 unspecified atom stereocenters. The quantitative estimate of drug-likeness (QED) is 0.0864. The summed E-state index contributed by atoms with van der Waals surface area (Å²) in [5, 5.41) is 19.8. The zero-order chi connectivity index (χ0) is 33.8. The van der Waals surface area contributed by atoms with Crippen LogP contribution in [-0.4, -0.2) is 57.3 Å². The molecule has 4 rings (SSSR count). The summed E-state index contributed by atoms with van der Waals surface area (Å²) >= 11 is 0. The van der Waals surface area contributed by atoms with E-state index in [-0.39, 0.29) is 12.0 Å². The lowest BCUT2D eigenvalue weighted by atomic mass is 10.0. The molecule has 0 radical (unpaired) electrons. The Balaban J connectivity index is 1.35. The van der Waals surface area contributed by atoms with Crippen LogP contribution in [0.15, 0.2) is 77.9 Å². The third kappa shape index (κ3) is 12.3. The van der Waals surface area contributed by atoms with Gasteiger partial charge in [-0.3, -0.25) is 5.32 Å². The summed E-state index contributed by atoms with van der Waals surface area (Å²) in [4.78, 5) is 20.2. The second kappa shape index (κ2) is 20.7. The fourth-order valence-corrected chi connectivity index (χ4v) is 5.93. The molecule has 4 N–H and O–H groups in total. The van der Waals surface area contributed by atoms with Crippen molar-refractivity contribution in [3.63, 3.8) is 0 Å². The predicted octanol–water partition coefficient (Wildman–Crippen LogP) is 8.13. The number of nitrogens with one attached hydrogen (secondary N) is 2. The van der Waals surface area contributed by atoms with Gasteiger partial charge in [0.15, 0.2) is 5.96 Å². The van der Waals surface area contributed by atoms with E-state index in [1.165, 1.54) is 19.3 Å². The van der Waals surface area contributed by atoms with Crippen LogP contribution in [0.1, 0.15) is 114 Å². The van der Waals surface area contributed by atoms with Crippen LogP contribution in [0.5, 0.6) is 5.75 Å². The van der Waals surface area contributed by atoms with E-state index >= 15 is 0 Å². The normalized spacial score (nSPS) is 16.4. The van der Waals surface area contributed by atoms with Crippen molar-refractivity contribution >= 4 is 17.7 Å². The highest BCUT2D eigenvalue weighted by atomic mass is 16.5. The Bertz CT molecular complexity index is 1450. The number of urea groups is 1. The van der Waals surface area contributed by atoms with Crippen molar-refractivity contribution in [1.29, 1.82) is 5.41 Å². The number of fused-ring (bicyclic) bond motifs is 1. The van der Waals surface area contributed by atoms with E-state index in [2.05, 4.69) is 27.8 Å². The molecule has 1 aromatic heterocycles. The molecule has 0 saturated carbocycles. The Morgan fingerprint density at radius 1 is 0.958 bits per heavy atom. The van der Waals surface area contributed by atoms with Gasteiger partial charge in [0.1, 0.15) is 17.5 Å². The average molecular weight is 655 g/mol. The monoisotopic (exact) mass is 654 g/mol. The standard InChI is InChI=1S/C38H54N8O2/c1-2-3-12-21-31(39)22-13-7-5-4-6-8-18-27-45-28-19-9-10-20-29-48-35-26-17-16-25-33(35)36(41-37(40)42-38(45)47)34-30-46(44-43-34)32-23-14-11-15-24-32/h2-3,11,14-17,23-26,30,36,39H,4-10,12-13,18-22,27-29H2,1H3,(H3,40,41,42,47)/b3-2+,39-31?. The lowest BCUT2D eigenvalue weighted by Gasteiger charge is -2.23. The number of nitrogens with zero attached hydrogens (tertiary/aromatic N) is 5. The molecule has 1 aliphatic heterocycles. The lowest BCUT2D eigenvalue weighted by Crippen LogP contribution is -2.46. The smallest absolute Gasteiger partial charge is 0.324 e. The van der Waals surface area contributed by atoms with Crippen molar-refractivity contribution in [2.24, 2.45) is 10.7 Å². The zero-order valence-corrected chi connectivity index (χ0v) is 28.7. The van der Waals surface area contributed by atoms with E-state index < -0.39 is 6.04 Å². The minimum absolute atomic E-state index is 0.0313. The van der Waals surface area contributed by atoms with Gasteiger partial charge in [-0.05, 0) is 70.1 Å². The summed E-state index contributed by atoms with van der Waals surface area (Å²) in [7, 11) is 0. The summed E-state index contributed by atoms with van der Waals surface area (Å²) in [6.07, 6.45) is 20.6. The minimum Gasteiger partial charge on any atom is -0.493 e. The molecule has 258 valence electrons. The van der Waals surface area contributed by atoms with Crippen LogP contribution in [0.4, 0.5) is 4.79 Å². The summed E-state index contributed by atoms with van der Waals surface area (Å²) < 4.78 is 7.95. The highest BCUT2D eigenvalue weighted by Gasteiger charge is 2.23. The van der Waals surface area contributed by atoms with E-state index in [0.717, 1.165) is 93.3 Å². The number of hydrogen-bond acceptors (Lipinski definition) is 7. The second-order valence-corrected chi connectivity index (χ2v) is 12.5. The molecule has 10 heteroatoms. The fourth-order valence-electron chi connectivity index (χ4n) is 5.93. The number of guanidine groups is 1. The van der Waals surface area contributed by atoms with Gasteiger partial charge in [-0.2, -0.15) is 0 Å². The number of ether oxygens (including phenoxy) is 1. The van der Waals surface area contributed by atoms with Crippen LogP contribution in [0, 0.1) is 5.41 Å². The number of nitrogens with two attached hydrogens (primary N) is 1. The maximum Gasteiger partial charge on any atom is 0.324 e. The van der Waals surface area contributed by atoms with Gasteiger partial charge in [0.05, 0.1) is 18.5 Å². The van der Waals surface area contributed by atoms with Crippen LogP contribution < -0.4 is 15.8 Å². The topological polar surface area (TPSA) is 135 Å². The molecule has 48 heavy (non-hydrogen) atoms. The van der Waals surface area contributed by atoms with Crippen LogP contribution in [0.25, 0.3) is 5.69 Å². The number of carbonyl (C=O) groups is 1. The van der Waals surface area contributed by atoms with E-state index in [1.54, 1.807) is 4.68 Å². The Morgan fingerprint density at radius 2 is 1.69 bits per heavy atom. The Kier molecular flexibility index (Phi) is 15.7. The Morgan fingerprint density at radius 3 is 2.50 bits per heavy atom. The average Bonchev–Trinajstić information content (AvgIpc) is 3.59. The van der Waals surface area contributed by atoms with Gasteiger partial charge in [0.25, 0.3) is 0 Å². The minimum atomic E-state index is -0.624. The second-order valence-electron chi connectivity index (χ2n) is 12.5. The first-order valence-corrected chi connectivity index (χ1v) is 17.8. The number of para-hydroxylation sites is 2. The van der Waals surface area contributed by atoms with Crippen molar-refractivity contribution in [1.82, 2.24) is 25.2 Å². The van der Waals surface area contributed by atoms with Gasteiger partial charge >= 0.3 is 6.03 Å². The number of aromatic nitrogens is 3. The molecule has 1 atom stereocenters. The number of unbranched alkanes of at least 4 members (excludes halogenated alkanes) is 6. The molecule has 0 bridgehead atoms. The van der Waals surface area contributed by atoms with Gasteiger partial charge in [-0.15, -0.1) is 5.10 Å². The number of benzene rings is 2. The van der Waals surface area contributed by atoms with Crippen molar-refractivity contribution in [2.75, 3.05) is 19.7 Å². The van der Waals surface area contributed by atoms with Crippen LogP contribution >= 0.6 is 0 Å². The molecule has 0 saturated heterocycles. The van der Waals surface area contributed by atoms with E-state index in [4.69, 9.17) is 20.9 Å². The SMILES string of the molecule is C/C=C/CCC(=N)CCCCCCCCCN1CCCCCCOc2ccccc2C(c2cn(-c3ccccc3)nn2)N=C(N)NC1=O. The summed E-state index contributed by atoms with van der Waals surface area (Å²) in [5.74, 6) is 0.750. The highest BCUT2D eigenvalue weighted by molar-refractivity contribution is 5.95. The number of hydrogen-bond donors (Lipinski definition) is 3. The molecule has 0 aliphatic carbocycles. The molecule has 10 nitrogen and oxygen atoms in total. The molecule has 0 spiro atoms. The van der Waals surface area contributed by atoms with Gasteiger partial charge in [-0.25, -0.2) is 14.5 Å². The summed E-state index contributed by atoms with van der Waals surface area (Å²) in [6.45, 7) is 3.98. The highest BCUT2D eigenvalue weighted by Crippen LogP contribution is 2.32. The first kappa shape index (κ1) is 36.4. The maximum atomic E-state index is 13.5. The lowest BCUT2D eigenvalue weighted by molar-refractivity contribution is 0.200. The number of aliphatic imine (C=N–C) groups is 1. The van der Waals surface area contributed by atoms with Gasteiger partial charge in [-0.1, -0.05) is 98.7 Å². The third-order valence-electron chi connectivity index (χ3n) is 8.65. The Labute approximate surface area is 286 Å². The molecule has 3 aromatic rings. The van der Waals surface area contributed by atoms with Crippen LogP contribution in [0.3, 0.4) is 0 Å². The van der Waals surface area contributed by atoms with Gasteiger partial charge in [0, 0.05) is 24.4 Å². The zero-order valence-electron chi connectivity index (χ0n) is 28.7. The number of allylic oxidation sites excluding steroid dienone is 2. The van der Waals surface area contributed by atoms with Gasteiger partial charge in [0.2, 0.25) is 0 Å². The van der Waals surface area contributed by atoms with E-state index in [1.807, 2.05) is 72.6 Å². The molecule has 0 fully saturated rings. The van der Waals surface area contributed by atoms with Gasteiger partial charge < -0.3 is 20.8 Å². The molecule has 1 aliphatic rings. The fraction of sp³-hybridized carbons (Fsp3) is 0.500. The first-order chi connectivity index (χ1) is 23.5. The van der Waals surface area contributed by atoms with E-state index in [0.29, 0.717) is 25.4 Å². The van der Waals surface area contributed by atoms with Crippen molar-refractivity contribution < 1.29 is 9.53 Å². The van der Waals surface area contributed by atoms with Crippen molar-refractivity contribution in [2.45, 2.75) is 103 Å². The maximum absolute atomic E-state index is 13.5. The molecular weight excluding hydrogens is 600 g/mol. The largest absolute Gasteiger partial charge is 0.493 e. The Hall–Kier alpha value is -4.47. The van der Waals surface area contributed by atoms with Crippen molar-refractivity contribution in [3.8, 4) is 11.4 Å². The number of rotatable bonds is 15. The van der Waals surface area contributed by atoms with Crippen LogP contribution in [-0.2, 0) is 0 Å². The molecule has 2 amide bonds. The third-order valence-corrected chi connectivity index (χ3v) is 8.65. The van der Waals surface area contributed by atoms with E-state index in [9.17, 15) is 4.79 Å². The molecular formula is C38H54N8O2.